The third-order valence-electron chi connectivity index (χ3n) is 2.21. The van der Waals surface area contributed by atoms with Crippen molar-refractivity contribution in [3.05, 3.63) is 31.9 Å². The van der Waals surface area contributed by atoms with Crippen molar-refractivity contribution in [1.29, 1.82) is 0 Å². The molecule has 0 unspecified atom stereocenters. The highest BCUT2D eigenvalue weighted by Crippen LogP contribution is 2.29. The summed E-state index contributed by atoms with van der Waals surface area (Å²) in [5.41, 5.74) is 0.418. The Morgan fingerprint density at radius 3 is 2.76 bits per heavy atom. The average Bonchev–Trinajstić information content (AvgIpc) is 2.25. The number of carboxylic acid groups (broad SMARTS) is 1. The predicted molar refractivity (Wildman–Crippen MR) is 71.3 cm³/mol. The topological polar surface area (TPSA) is 83.7 Å². The van der Waals surface area contributed by atoms with Gasteiger partial charge in [-0.1, -0.05) is 0 Å². The average molecular weight is 350 g/mol. The van der Waals surface area contributed by atoms with Crippen LogP contribution in [0.1, 0.15) is 6.42 Å². The highest BCUT2D eigenvalue weighted by molar-refractivity contribution is 14.1. The molecule has 0 fully saturated rings. The van der Waals surface area contributed by atoms with E-state index >= 15 is 0 Å². The Labute approximate surface area is 112 Å². The smallest absolute Gasteiger partial charge is 0.305 e. The van der Waals surface area contributed by atoms with Crippen molar-refractivity contribution in [3.63, 3.8) is 0 Å². The number of rotatable bonds is 5. The maximum atomic E-state index is 10.9. The number of nitrogens with zero attached hydrogens (tertiary/aromatic N) is 2. The lowest BCUT2D eigenvalue weighted by atomic mass is 10.2. The molecule has 92 valence electrons. The monoisotopic (exact) mass is 350 g/mol. The fourth-order valence-electron chi connectivity index (χ4n) is 1.35. The summed E-state index contributed by atoms with van der Waals surface area (Å²) in [7, 11) is 1.64. The van der Waals surface area contributed by atoms with Gasteiger partial charge in [-0.15, -0.1) is 0 Å². The normalized spacial score (nSPS) is 10.0. The molecule has 1 aromatic carbocycles. The van der Waals surface area contributed by atoms with Crippen LogP contribution in [0.4, 0.5) is 11.4 Å². The van der Waals surface area contributed by atoms with E-state index in [1.165, 1.54) is 6.07 Å². The van der Waals surface area contributed by atoms with E-state index in [0.717, 1.165) is 3.57 Å². The molecule has 0 bridgehead atoms. The van der Waals surface area contributed by atoms with E-state index < -0.39 is 10.9 Å². The number of hydrogen-bond acceptors (Lipinski definition) is 4. The van der Waals surface area contributed by atoms with E-state index in [-0.39, 0.29) is 18.7 Å². The second kappa shape index (κ2) is 5.80. The first-order valence-corrected chi connectivity index (χ1v) is 5.86. The summed E-state index contributed by atoms with van der Waals surface area (Å²) >= 11 is 1.99. The number of nitro benzene ring substituents is 1. The van der Waals surface area contributed by atoms with Gasteiger partial charge in [-0.2, -0.15) is 0 Å². The van der Waals surface area contributed by atoms with Gasteiger partial charge in [0.15, 0.2) is 0 Å². The van der Waals surface area contributed by atoms with Gasteiger partial charge in [0.05, 0.1) is 11.3 Å². The molecule has 1 aromatic rings. The van der Waals surface area contributed by atoms with Gasteiger partial charge >= 0.3 is 5.97 Å². The number of hydrogen-bond donors (Lipinski definition) is 1. The van der Waals surface area contributed by atoms with Crippen molar-refractivity contribution in [1.82, 2.24) is 0 Å². The molecule has 0 aliphatic heterocycles. The quantitative estimate of drug-likeness (QED) is 0.500. The third kappa shape index (κ3) is 3.84. The minimum absolute atomic E-state index is 0.00945. The molecule has 0 radical (unpaired) electrons. The first-order valence-electron chi connectivity index (χ1n) is 4.78. The van der Waals surface area contributed by atoms with E-state index in [1.54, 1.807) is 24.1 Å². The van der Waals surface area contributed by atoms with Crippen molar-refractivity contribution >= 4 is 39.9 Å². The van der Waals surface area contributed by atoms with Gasteiger partial charge < -0.3 is 10.0 Å². The Morgan fingerprint density at radius 1 is 1.59 bits per heavy atom. The molecule has 0 amide bonds. The molecule has 1 N–H and O–H groups in total. The molecule has 0 spiro atoms. The van der Waals surface area contributed by atoms with Gasteiger partial charge in [0.2, 0.25) is 0 Å². The fraction of sp³-hybridized carbons (Fsp3) is 0.300. The summed E-state index contributed by atoms with van der Waals surface area (Å²) in [6.07, 6.45) is -0.0559. The second-order valence-corrected chi connectivity index (χ2v) is 4.70. The van der Waals surface area contributed by atoms with Crippen LogP contribution in [0.3, 0.4) is 0 Å². The molecule has 0 aromatic heterocycles. The van der Waals surface area contributed by atoms with Gasteiger partial charge in [0.1, 0.15) is 5.69 Å². The first kappa shape index (κ1) is 13.7. The Kier molecular flexibility index (Phi) is 4.67. The number of halogens is 1. The zero-order chi connectivity index (χ0) is 13.0. The lowest BCUT2D eigenvalue weighted by molar-refractivity contribution is -0.384. The Balaban J connectivity index is 2.96. The summed E-state index contributed by atoms with van der Waals surface area (Å²) in [6, 6.07) is 4.84. The van der Waals surface area contributed by atoms with Crippen LogP contribution in [0, 0.1) is 13.7 Å². The standard InChI is InChI=1S/C10H11IN2O4/c1-12(5-4-10(14)15)8-3-2-7(11)6-9(8)13(16)17/h2-3,6H,4-5H2,1H3,(H,14,15). The van der Waals surface area contributed by atoms with Crippen LogP contribution < -0.4 is 4.90 Å². The molecule has 0 saturated heterocycles. The van der Waals surface area contributed by atoms with E-state index in [1.807, 2.05) is 22.6 Å². The summed E-state index contributed by atoms with van der Waals surface area (Å²) in [6.45, 7) is 0.233. The molecule has 17 heavy (non-hydrogen) atoms. The van der Waals surface area contributed by atoms with Crippen molar-refractivity contribution < 1.29 is 14.8 Å². The first-order chi connectivity index (χ1) is 7.91. The van der Waals surface area contributed by atoms with Gasteiger partial charge in [-0.25, -0.2) is 0 Å². The zero-order valence-corrected chi connectivity index (χ0v) is 11.2. The number of benzene rings is 1. The Morgan fingerprint density at radius 2 is 2.24 bits per heavy atom. The van der Waals surface area contributed by atoms with Crippen molar-refractivity contribution in [2.24, 2.45) is 0 Å². The highest BCUT2D eigenvalue weighted by atomic mass is 127. The van der Waals surface area contributed by atoms with E-state index in [2.05, 4.69) is 0 Å². The van der Waals surface area contributed by atoms with Crippen LogP contribution in [0.2, 0.25) is 0 Å². The van der Waals surface area contributed by atoms with Crippen molar-refractivity contribution in [3.8, 4) is 0 Å². The van der Waals surface area contributed by atoms with Crippen LogP contribution in [0.25, 0.3) is 0 Å². The minimum Gasteiger partial charge on any atom is -0.481 e. The molecule has 0 aliphatic rings. The molecule has 0 atom stereocenters. The maximum absolute atomic E-state index is 10.9. The zero-order valence-electron chi connectivity index (χ0n) is 9.09. The largest absolute Gasteiger partial charge is 0.481 e. The molecule has 1 rings (SSSR count). The molecule has 0 aliphatic carbocycles. The molecular formula is C10H11IN2O4. The minimum atomic E-state index is -0.926. The number of nitro groups is 1. The summed E-state index contributed by atoms with van der Waals surface area (Å²) in [4.78, 5) is 22.4. The van der Waals surface area contributed by atoms with E-state index in [0.29, 0.717) is 5.69 Å². The molecule has 7 heteroatoms. The van der Waals surface area contributed by atoms with Gasteiger partial charge in [0, 0.05) is 23.2 Å². The van der Waals surface area contributed by atoms with Gasteiger partial charge in [-0.05, 0) is 34.7 Å². The summed E-state index contributed by atoms with van der Waals surface area (Å²) in [5, 5.41) is 19.4. The van der Waals surface area contributed by atoms with Crippen LogP contribution in [0.5, 0.6) is 0 Å². The lowest BCUT2D eigenvalue weighted by Gasteiger charge is -2.18. The number of carbonyl (C=O) groups is 1. The third-order valence-corrected chi connectivity index (χ3v) is 2.88. The lowest BCUT2D eigenvalue weighted by Crippen LogP contribution is -2.21. The predicted octanol–water partition coefficient (Wildman–Crippen LogP) is 2.11. The highest BCUT2D eigenvalue weighted by Gasteiger charge is 2.17. The van der Waals surface area contributed by atoms with Crippen LogP contribution in [-0.4, -0.2) is 29.6 Å². The number of aliphatic carboxylic acids is 1. The van der Waals surface area contributed by atoms with Crippen LogP contribution >= 0.6 is 22.6 Å². The second-order valence-electron chi connectivity index (χ2n) is 3.46. The molecule has 6 nitrogen and oxygen atoms in total. The number of anilines is 1. The molecule has 0 heterocycles. The van der Waals surface area contributed by atoms with Gasteiger partial charge in [0.25, 0.3) is 5.69 Å². The molecular weight excluding hydrogens is 339 g/mol. The number of carboxylic acids is 1. The Hall–Kier alpha value is -1.38. The van der Waals surface area contributed by atoms with E-state index in [9.17, 15) is 14.9 Å². The van der Waals surface area contributed by atoms with Gasteiger partial charge in [-0.3, -0.25) is 14.9 Å². The van der Waals surface area contributed by atoms with Crippen LogP contribution in [-0.2, 0) is 4.79 Å². The van der Waals surface area contributed by atoms with Crippen LogP contribution in [0.15, 0.2) is 18.2 Å². The SMILES string of the molecule is CN(CCC(=O)O)c1ccc(I)cc1[N+](=O)[O-]. The Bertz CT molecular complexity index is 450. The fourth-order valence-corrected chi connectivity index (χ4v) is 1.82. The summed E-state index contributed by atoms with van der Waals surface area (Å²) in [5.74, 6) is -0.926. The van der Waals surface area contributed by atoms with Crippen molar-refractivity contribution in [2.75, 3.05) is 18.5 Å². The summed E-state index contributed by atoms with van der Waals surface area (Å²) < 4.78 is 0.768. The maximum Gasteiger partial charge on any atom is 0.305 e. The van der Waals surface area contributed by atoms with Crippen molar-refractivity contribution in [2.45, 2.75) is 6.42 Å². The van der Waals surface area contributed by atoms with E-state index in [4.69, 9.17) is 5.11 Å². The molecule has 0 saturated carbocycles.